The summed E-state index contributed by atoms with van der Waals surface area (Å²) in [4.78, 5) is 1.42. The molecule has 2 aromatic rings. The van der Waals surface area contributed by atoms with E-state index in [0.717, 1.165) is 24.1 Å². The average molecular weight is 350 g/mol. The fourth-order valence-corrected chi connectivity index (χ4v) is 5.62. The predicted octanol–water partition coefficient (Wildman–Crippen LogP) is 4.30. The van der Waals surface area contributed by atoms with Gasteiger partial charge in [-0.25, -0.2) is 13.1 Å². The van der Waals surface area contributed by atoms with Crippen LogP contribution in [0, 0.1) is 5.41 Å². The van der Waals surface area contributed by atoms with Gasteiger partial charge in [-0.1, -0.05) is 32.9 Å². The highest BCUT2D eigenvalue weighted by Crippen LogP contribution is 2.36. The topological polar surface area (TPSA) is 46.2 Å². The molecule has 0 radical (unpaired) electrons. The number of fused-ring (bicyclic) bond motifs is 1. The van der Waals surface area contributed by atoms with Crippen molar-refractivity contribution in [2.45, 2.75) is 51.0 Å². The second-order valence-electron chi connectivity index (χ2n) is 7.22. The van der Waals surface area contributed by atoms with Crippen LogP contribution in [0.2, 0.25) is 0 Å². The summed E-state index contributed by atoms with van der Waals surface area (Å²) in [5.74, 6) is 0. The van der Waals surface area contributed by atoms with Crippen molar-refractivity contribution in [1.82, 2.24) is 4.72 Å². The van der Waals surface area contributed by atoms with Crippen molar-refractivity contribution in [1.29, 1.82) is 0 Å². The second kappa shape index (κ2) is 6.04. The number of nitrogens with one attached hydrogen (secondary N) is 1. The van der Waals surface area contributed by atoms with Gasteiger partial charge in [0.1, 0.15) is 0 Å². The Morgan fingerprint density at radius 3 is 2.52 bits per heavy atom. The first kappa shape index (κ1) is 16.7. The third-order valence-corrected chi connectivity index (χ3v) is 6.70. The molecular weight excluding hydrogens is 326 g/mol. The SMILES string of the molecule is CC(C)(C)[C@H](NS(=O)(=O)c1ccc2c(c1)CCC2)c1cccs1. The van der Waals surface area contributed by atoms with Crippen molar-refractivity contribution in [2.24, 2.45) is 5.41 Å². The molecule has 0 amide bonds. The lowest BCUT2D eigenvalue weighted by Gasteiger charge is -2.30. The molecule has 5 heteroatoms. The van der Waals surface area contributed by atoms with Crippen LogP contribution in [0.15, 0.2) is 40.6 Å². The molecule has 0 fully saturated rings. The highest BCUT2D eigenvalue weighted by molar-refractivity contribution is 7.89. The van der Waals surface area contributed by atoms with Crippen LogP contribution >= 0.6 is 11.3 Å². The van der Waals surface area contributed by atoms with Crippen LogP contribution in [-0.4, -0.2) is 8.42 Å². The summed E-state index contributed by atoms with van der Waals surface area (Å²) in [5, 5.41) is 1.98. The number of hydrogen-bond acceptors (Lipinski definition) is 3. The normalized spacial score (nSPS) is 16.3. The minimum Gasteiger partial charge on any atom is -0.207 e. The maximum Gasteiger partial charge on any atom is 0.241 e. The summed E-state index contributed by atoms with van der Waals surface area (Å²) in [6, 6.07) is 9.27. The summed E-state index contributed by atoms with van der Waals surface area (Å²) in [6.07, 6.45) is 3.15. The predicted molar refractivity (Wildman–Crippen MR) is 95.3 cm³/mol. The monoisotopic (exact) mass is 349 g/mol. The number of hydrogen-bond donors (Lipinski definition) is 1. The Labute approximate surface area is 142 Å². The fourth-order valence-electron chi connectivity index (χ4n) is 3.06. The molecule has 1 atom stereocenters. The third-order valence-electron chi connectivity index (χ3n) is 4.35. The molecule has 0 spiro atoms. The summed E-state index contributed by atoms with van der Waals surface area (Å²) < 4.78 is 28.7. The van der Waals surface area contributed by atoms with Crippen molar-refractivity contribution in [3.05, 3.63) is 51.7 Å². The Morgan fingerprint density at radius 2 is 1.87 bits per heavy atom. The lowest BCUT2D eigenvalue weighted by Crippen LogP contribution is -2.36. The van der Waals surface area contributed by atoms with E-state index in [2.05, 4.69) is 25.5 Å². The van der Waals surface area contributed by atoms with Gasteiger partial charge in [0.25, 0.3) is 0 Å². The van der Waals surface area contributed by atoms with Gasteiger partial charge in [0.15, 0.2) is 0 Å². The molecule has 1 heterocycles. The van der Waals surface area contributed by atoms with Gasteiger partial charge in [0.05, 0.1) is 10.9 Å². The summed E-state index contributed by atoms with van der Waals surface area (Å²) in [7, 11) is -3.53. The largest absolute Gasteiger partial charge is 0.241 e. The lowest BCUT2D eigenvalue weighted by atomic mass is 9.86. The Kier molecular flexibility index (Phi) is 4.38. The highest BCUT2D eigenvalue weighted by Gasteiger charge is 2.32. The van der Waals surface area contributed by atoms with Gasteiger partial charge < -0.3 is 0 Å². The van der Waals surface area contributed by atoms with E-state index >= 15 is 0 Å². The van der Waals surface area contributed by atoms with Crippen LogP contribution in [0.1, 0.15) is 49.2 Å². The van der Waals surface area contributed by atoms with E-state index in [0.29, 0.717) is 4.90 Å². The Bertz CT molecular complexity index is 787. The molecule has 3 rings (SSSR count). The molecule has 1 aromatic carbocycles. The van der Waals surface area contributed by atoms with Crippen LogP contribution in [0.4, 0.5) is 0 Å². The molecule has 0 saturated carbocycles. The zero-order valence-electron chi connectivity index (χ0n) is 13.8. The van der Waals surface area contributed by atoms with Crippen LogP contribution in [0.5, 0.6) is 0 Å². The summed E-state index contributed by atoms with van der Waals surface area (Å²) >= 11 is 1.59. The van der Waals surface area contributed by atoms with E-state index < -0.39 is 10.0 Å². The van der Waals surface area contributed by atoms with Crippen LogP contribution in [-0.2, 0) is 22.9 Å². The maximum absolute atomic E-state index is 12.9. The minimum atomic E-state index is -3.53. The molecular formula is C18H23NO2S2. The van der Waals surface area contributed by atoms with Gasteiger partial charge >= 0.3 is 0 Å². The molecule has 0 saturated heterocycles. The molecule has 0 aliphatic heterocycles. The third kappa shape index (κ3) is 3.52. The van der Waals surface area contributed by atoms with Crippen molar-refractivity contribution in [2.75, 3.05) is 0 Å². The van der Waals surface area contributed by atoms with Gasteiger partial charge in [-0.3, -0.25) is 0 Å². The Balaban J connectivity index is 1.93. The lowest BCUT2D eigenvalue weighted by molar-refractivity contribution is 0.308. The Hall–Kier alpha value is -1.17. The van der Waals surface area contributed by atoms with E-state index in [-0.39, 0.29) is 11.5 Å². The maximum atomic E-state index is 12.9. The first-order chi connectivity index (χ1) is 10.8. The zero-order chi connectivity index (χ0) is 16.7. The quantitative estimate of drug-likeness (QED) is 0.894. The van der Waals surface area contributed by atoms with E-state index in [4.69, 9.17) is 0 Å². The highest BCUT2D eigenvalue weighted by atomic mass is 32.2. The smallest absolute Gasteiger partial charge is 0.207 e. The molecule has 1 aromatic heterocycles. The molecule has 1 N–H and O–H groups in total. The first-order valence-electron chi connectivity index (χ1n) is 7.95. The molecule has 3 nitrogen and oxygen atoms in total. The fraction of sp³-hybridized carbons (Fsp3) is 0.444. The standard InChI is InChI=1S/C18H23NO2S2/c1-18(2,3)17(16-8-5-11-22-16)19-23(20,21)15-10-9-13-6-4-7-14(13)12-15/h5,8-12,17,19H,4,6-7H2,1-3H3/t17-/m1/s1. The molecule has 0 unspecified atom stereocenters. The van der Waals surface area contributed by atoms with Crippen LogP contribution in [0.3, 0.4) is 0 Å². The van der Waals surface area contributed by atoms with Crippen molar-refractivity contribution < 1.29 is 8.42 Å². The second-order valence-corrected chi connectivity index (χ2v) is 9.91. The van der Waals surface area contributed by atoms with Crippen LogP contribution in [0.25, 0.3) is 0 Å². The molecule has 0 bridgehead atoms. The van der Waals surface area contributed by atoms with E-state index in [1.165, 1.54) is 11.1 Å². The van der Waals surface area contributed by atoms with Gasteiger partial charge in [0, 0.05) is 4.88 Å². The van der Waals surface area contributed by atoms with E-state index in [9.17, 15) is 8.42 Å². The Morgan fingerprint density at radius 1 is 1.13 bits per heavy atom. The van der Waals surface area contributed by atoms with Gasteiger partial charge in [-0.05, 0) is 59.4 Å². The van der Waals surface area contributed by atoms with E-state index in [1.54, 1.807) is 17.4 Å². The number of aryl methyl sites for hydroxylation is 2. The molecule has 1 aliphatic rings. The number of sulfonamides is 1. The van der Waals surface area contributed by atoms with Crippen molar-refractivity contribution >= 4 is 21.4 Å². The van der Waals surface area contributed by atoms with Gasteiger partial charge in [-0.15, -0.1) is 11.3 Å². The first-order valence-corrected chi connectivity index (χ1v) is 10.3. The average Bonchev–Trinajstić information content (AvgIpc) is 3.14. The minimum absolute atomic E-state index is 0.200. The number of rotatable bonds is 4. The number of benzene rings is 1. The van der Waals surface area contributed by atoms with Gasteiger partial charge in [0.2, 0.25) is 10.0 Å². The summed E-state index contributed by atoms with van der Waals surface area (Å²) in [5.41, 5.74) is 2.26. The molecule has 23 heavy (non-hydrogen) atoms. The molecule has 1 aliphatic carbocycles. The van der Waals surface area contributed by atoms with Crippen molar-refractivity contribution in [3.8, 4) is 0 Å². The molecule has 124 valence electrons. The van der Waals surface area contributed by atoms with Crippen molar-refractivity contribution in [3.63, 3.8) is 0 Å². The van der Waals surface area contributed by atoms with E-state index in [1.807, 2.05) is 29.6 Å². The summed E-state index contributed by atoms with van der Waals surface area (Å²) in [6.45, 7) is 6.17. The number of thiophene rings is 1. The van der Waals surface area contributed by atoms with Gasteiger partial charge in [-0.2, -0.15) is 0 Å². The van der Waals surface area contributed by atoms with Crippen LogP contribution < -0.4 is 4.72 Å². The zero-order valence-corrected chi connectivity index (χ0v) is 15.4.